The van der Waals surface area contributed by atoms with Crippen LogP contribution in [0.3, 0.4) is 0 Å². The van der Waals surface area contributed by atoms with E-state index < -0.39 is 0 Å². The van der Waals surface area contributed by atoms with Crippen molar-refractivity contribution in [1.29, 1.82) is 0 Å². The number of hydrogen-bond donors (Lipinski definition) is 0. The molecule has 1 radical (unpaired) electrons. The fourth-order valence-electron chi connectivity index (χ4n) is 11.2. The fourth-order valence-corrected chi connectivity index (χ4v) is 11.2. The van der Waals surface area contributed by atoms with Crippen molar-refractivity contribution in [3.8, 4) is 16.8 Å². The number of fused-ring (bicyclic) bond motifs is 7. The predicted molar refractivity (Wildman–Crippen MR) is 271 cm³/mol. The highest BCUT2D eigenvalue weighted by molar-refractivity contribution is 6.10. The molecule has 8 aromatic carbocycles. The van der Waals surface area contributed by atoms with Crippen molar-refractivity contribution >= 4 is 44.6 Å². The van der Waals surface area contributed by atoms with Crippen molar-refractivity contribution < 1.29 is 0 Å². The maximum Gasteiger partial charge on any atom is 0.124 e. The van der Waals surface area contributed by atoms with Crippen LogP contribution in [0.25, 0.3) is 38.6 Å². The van der Waals surface area contributed by atoms with Gasteiger partial charge in [0, 0.05) is 44.6 Å². The molecule has 315 valence electrons. The van der Waals surface area contributed by atoms with Crippen molar-refractivity contribution in [2.24, 2.45) is 0 Å². The van der Waals surface area contributed by atoms with Gasteiger partial charge in [0.1, 0.15) is 6.04 Å². The van der Waals surface area contributed by atoms with Gasteiger partial charge in [-0.25, -0.2) is 0 Å². The lowest BCUT2D eigenvalue weighted by molar-refractivity contribution is 0.529. The lowest BCUT2D eigenvalue weighted by atomic mass is 9.82. The Balaban J connectivity index is 1.10. The fraction of sp³-hybridized carbons (Fsp3) is 0.197. The van der Waals surface area contributed by atoms with E-state index in [1.54, 1.807) is 0 Å². The van der Waals surface area contributed by atoms with Crippen LogP contribution in [0.15, 0.2) is 182 Å². The average molecular weight is 831 g/mol. The lowest BCUT2D eigenvalue weighted by Crippen LogP contribution is -2.40. The Morgan fingerprint density at radius 1 is 0.438 bits per heavy atom. The summed E-state index contributed by atoms with van der Waals surface area (Å²) in [7, 11) is 0. The van der Waals surface area contributed by atoms with E-state index in [0.717, 1.165) is 22.7 Å². The van der Waals surface area contributed by atoms with Gasteiger partial charge in [-0.1, -0.05) is 163 Å². The smallest absolute Gasteiger partial charge is 0.124 e. The van der Waals surface area contributed by atoms with E-state index in [9.17, 15) is 0 Å². The van der Waals surface area contributed by atoms with Crippen LogP contribution in [0.5, 0.6) is 0 Å². The average Bonchev–Trinajstić information content (AvgIpc) is 3.85. The van der Waals surface area contributed by atoms with Gasteiger partial charge in [-0.2, -0.15) is 0 Å². The third-order valence-corrected chi connectivity index (χ3v) is 14.3. The molecule has 9 aromatic rings. The number of nitrogens with zero attached hydrogens (tertiary/aromatic N) is 3. The normalized spacial score (nSPS) is 15.0. The Labute approximate surface area is 379 Å². The summed E-state index contributed by atoms with van der Waals surface area (Å²) in [5.41, 5.74) is 19.9. The minimum absolute atomic E-state index is 0.131. The molecule has 1 aliphatic carbocycles. The first-order valence-electron chi connectivity index (χ1n) is 23.1. The largest absolute Gasteiger partial charge is 0.345 e. The number of hydrogen-bond acceptors (Lipinski definition) is 2. The van der Waals surface area contributed by atoms with E-state index in [-0.39, 0.29) is 11.0 Å². The Bertz CT molecular complexity index is 3210. The summed E-state index contributed by atoms with van der Waals surface area (Å²) in [5, 5.41) is 2.47. The van der Waals surface area contributed by atoms with Crippen molar-refractivity contribution in [1.82, 2.24) is 4.57 Å². The zero-order chi connectivity index (χ0) is 44.1. The summed E-state index contributed by atoms with van der Waals surface area (Å²) in [4.78, 5) is 5.14. The highest BCUT2D eigenvalue weighted by Crippen LogP contribution is 2.55. The topological polar surface area (TPSA) is 11.4 Å². The highest BCUT2D eigenvalue weighted by Gasteiger charge is 2.47. The van der Waals surface area contributed by atoms with Crippen LogP contribution in [-0.2, 0) is 11.0 Å². The van der Waals surface area contributed by atoms with E-state index in [1.807, 2.05) is 0 Å². The molecule has 2 heterocycles. The molecule has 0 saturated heterocycles. The van der Waals surface area contributed by atoms with E-state index in [2.05, 4.69) is 252 Å². The van der Waals surface area contributed by atoms with Gasteiger partial charge >= 0.3 is 0 Å². The Morgan fingerprint density at radius 2 is 1.00 bits per heavy atom. The van der Waals surface area contributed by atoms with E-state index in [4.69, 9.17) is 0 Å². The molecule has 3 heteroatoms. The third-order valence-electron chi connectivity index (χ3n) is 14.3. The van der Waals surface area contributed by atoms with Gasteiger partial charge in [0.25, 0.3) is 0 Å². The molecule has 11 rings (SSSR count). The summed E-state index contributed by atoms with van der Waals surface area (Å²) < 4.78 is 2.40. The first-order valence-corrected chi connectivity index (χ1v) is 23.1. The zero-order valence-corrected chi connectivity index (χ0v) is 38.3. The zero-order valence-electron chi connectivity index (χ0n) is 38.3. The van der Waals surface area contributed by atoms with Gasteiger partial charge in [0.15, 0.2) is 0 Å². The minimum atomic E-state index is -0.269. The van der Waals surface area contributed by atoms with E-state index in [0.29, 0.717) is 11.8 Å². The molecule has 1 aromatic heterocycles. The first kappa shape index (κ1) is 40.0. The Morgan fingerprint density at radius 3 is 1.72 bits per heavy atom. The number of para-hydroxylation sites is 3. The summed E-state index contributed by atoms with van der Waals surface area (Å²) in [5.74, 6) is 0.740. The van der Waals surface area contributed by atoms with Gasteiger partial charge in [-0.3, -0.25) is 0 Å². The van der Waals surface area contributed by atoms with Gasteiger partial charge in [-0.15, -0.1) is 0 Å². The van der Waals surface area contributed by atoms with E-state index in [1.165, 1.54) is 83.6 Å². The lowest BCUT2D eigenvalue weighted by Gasteiger charge is -2.42. The molecule has 0 unspecified atom stereocenters. The van der Waals surface area contributed by atoms with Crippen LogP contribution in [0.4, 0.5) is 22.7 Å². The van der Waals surface area contributed by atoms with Crippen LogP contribution < -0.4 is 9.80 Å². The molecule has 64 heavy (non-hydrogen) atoms. The quantitative estimate of drug-likeness (QED) is 0.151. The van der Waals surface area contributed by atoms with Crippen molar-refractivity contribution in [2.75, 3.05) is 9.80 Å². The summed E-state index contributed by atoms with van der Waals surface area (Å²) in [6.07, 6.45) is 0. The van der Waals surface area contributed by atoms with Crippen LogP contribution in [0, 0.1) is 6.04 Å². The monoisotopic (exact) mass is 830 g/mol. The van der Waals surface area contributed by atoms with Crippen LogP contribution >= 0.6 is 0 Å². The van der Waals surface area contributed by atoms with Gasteiger partial charge < -0.3 is 14.4 Å². The molecule has 0 fully saturated rings. The number of rotatable bonds is 8. The molecule has 0 bridgehead atoms. The van der Waals surface area contributed by atoms with Crippen molar-refractivity contribution in [3.05, 3.63) is 227 Å². The molecule has 1 aliphatic heterocycles. The Hall–Kier alpha value is -6.84. The summed E-state index contributed by atoms with van der Waals surface area (Å²) >= 11 is 0. The molecule has 0 amide bonds. The predicted octanol–water partition coefficient (Wildman–Crippen LogP) is 16.5. The second-order valence-electron chi connectivity index (χ2n) is 19.6. The third kappa shape index (κ3) is 6.00. The molecule has 0 atom stereocenters. The molecule has 0 saturated carbocycles. The van der Waals surface area contributed by atoms with Gasteiger partial charge in [-0.05, 0) is 136 Å². The molecule has 3 nitrogen and oxygen atoms in total. The van der Waals surface area contributed by atoms with Gasteiger partial charge in [0.05, 0.1) is 16.6 Å². The maximum absolute atomic E-state index is 2.67. The summed E-state index contributed by atoms with van der Waals surface area (Å²) in [6, 6.07) is 69.3. The Kier molecular flexibility index (Phi) is 9.29. The van der Waals surface area contributed by atoms with Crippen molar-refractivity contribution in [3.63, 3.8) is 0 Å². The molecule has 0 spiro atoms. The second kappa shape index (κ2) is 14.9. The molecular formula is C61H56N3. The highest BCUT2D eigenvalue weighted by atomic mass is 15.3. The van der Waals surface area contributed by atoms with E-state index >= 15 is 0 Å². The number of aromatic nitrogens is 1. The molecular weight excluding hydrogens is 775 g/mol. The second-order valence-corrected chi connectivity index (χ2v) is 19.6. The standard InChI is InChI=1S/C61H56N3/c1-39(2)46-24-18-25-47(40(3)4)59(46)64-58(51-23-13-16-27-54(51)61(64,7)8)41-29-31-43(32-30-41)62(45-33-35-49-48-21-12-15-26-53(48)60(5,6)55(49)38-45)44-34-36-57-52(37-44)50-22-14-17-28-56(50)63(57)42-19-10-9-11-20-42/h9-40H,1-8H3. The minimum Gasteiger partial charge on any atom is -0.345 e. The maximum atomic E-state index is 2.67. The molecule has 0 N–H and O–H groups in total. The van der Waals surface area contributed by atoms with Crippen molar-refractivity contribution in [2.45, 2.75) is 78.2 Å². The van der Waals surface area contributed by atoms with Gasteiger partial charge in [0.2, 0.25) is 0 Å². The van der Waals surface area contributed by atoms with Crippen LogP contribution in [-0.4, -0.2) is 4.57 Å². The SMILES string of the molecule is CC(C)c1cccc(C(C)C)c1N1[C](c2ccc(N(c3ccc4c(c3)C(C)(C)c3ccccc3-4)c3ccc4c(c3)c3ccccc3n4-c3ccccc3)cc2)c2ccccc2C1(C)C. The van der Waals surface area contributed by atoms with Crippen LogP contribution in [0.1, 0.15) is 106 Å². The number of benzene rings is 8. The molecule has 2 aliphatic rings. The van der Waals surface area contributed by atoms with Crippen LogP contribution in [0.2, 0.25) is 0 Å². The summed E-state index contributed by atoms with van der Waals surface area (Å²) in [6.45, 7) is 18.9. The number of anilines is 4. The first-order chi connectivity index (χ1) is 30.9.